The fourth-order valence-corrected chi connectivity index (χ4v) is 1.68. The SMILES string of the molecule is Cc1ccc(/C=C/B2OC(C)(C)C(C)(C)O2)o1. The minimum atomic E-state index is -0.314. The largest absolute Gasteiger partial charge is 0.487 e. The van der Waals surface area contributed by atoms with E-state index in [0.29, 0.717) is 0 Å². The van der Waals surface area contributed by atoms with E-state index in [9.17, 15) is 0 Å². The van der Waals surface area contributed by atoms with Gasteiger partial charge in [-0.05, 0) is 52.8 Å². The van der Waals surface area contributed by atoms with E-state index in [4.69, 9.17) is 13.7 Å². The van der Waals surface area contributed by atoms with E-state index < -0.39 is 0 Å². The molecule has 2 heterocycles. The quantitative estimate of drug-likeness (QED) is 0.736. The molecule has 1 aliphatic heterocycles. The van der Waals surface area contributed by atoms with Gasteiger partial charge in [0.05, 0.1) is 11.2 Å². The first kappa shape index (κ1) is 12.5. The first-order valence-electron chi connectivity index (χ1n) is 5.90. The highest BCUT2D eigenvalue weighted by atomic mass is 16.7. The molecule has 0 radical (unpaired) electrons. The lowest BCUT2D eigenvalue weighted by atomic mass is 9.90. The molecule has 0 amide bonds. The van der Waals surface area contributed by atoms with Crippen LogP contribution in [0.25, 0.3) is 6.08 Å². The van der Waals surface area contributed by atoms with Gasteiger partial charge in [-0.1, -0.05) is 5.98 Å². The molecule has 17 heavy (non-hydrogen) atoms. The Kier molecular flexibility index (Phi) is 2.96. The van der Waals surface area contributed by atoms with Crippen molar-refractivity contribution in [3.63, 3.8) is 0 Å². The molecule has 1 aliphatic rings. The van der Waals surface area contributed by atoms with Crippen LogP contribution in [-0.2, 0) is 9.31 Å². The number of hydrogen-bond donors (Lipinski definition) is 0. The fraction of sp³-hybridized carbons (Fsp3) is 0.538. The van der Waals surface area contributed by atoms with Gasteiger partial charge in [-0.3, -0.25) is 0 Å². The van der Waals surface area contributed by atoms with Gasteiger partial charge in [0.1, 0.15) is 11.5 Å². The third-order valence-corrected chi connectivity index (χ3v) is 3.45. The molecular formula is C13H19BO3. The molecule has 1 aromatic rings. The van der Waals surface area contributed by atoms with Crippen LogP contribution in [0.1, 0.15) is 39.2 Å². The molecule has 2 rings (SSSR count). The van der Waals surface area contributed by atoms with Crippen molar-refractivity contribution in [2.24, 2.45) is 0 Å². The van der Waals surface area contributed by atoms with Crippen molar-refractivity contribution in [1.29, 1.82) is 0 Å². The van der Waals surface area contributed by atoms with Crippen LogP contribution in [0.4, 0.5) is 0 Å². The van der Waals surface area contributed by atoms with Crippen molar-refractivity contribution >= 4 is 13.2 Å². The molecule has 0 saturated carbocycles. The Labute approximate surface area is 103 Å². The molecule has 0 atom stereocenters. The van der Waals surface area contributed by atoms with E-state index in [1.54, 1.807) is 0 Å². The van der Waals surface area contributed by atoms with Crippen molar-refractivity contribution in [2.45, 2.75) is 45.8 Å². The van der Waals surface area contributed by atoms with E-state index in [-0.39, 0.29) is 18.3 Å². The Morgan fingerprint density at radius 1 is 1.06 bits per heavy atom. The van der Waals surface area contributed by atoms with E-state index in [2.05, 4.69) is 0 Å². The molecule has 4 heteroatoms. The normalized spacial score (nSPS) is 22.5. The van der Waals surface area contributed by atoms with Gasteiger partial charge in [-0.2, -0.15) is 0 Å². The van der Waals surface area contributed by atoms with Crippen LogP contribution in [0.5, 0.6) is 0 Å². The Hall–Kier alpha value is -0.995. The zero-order chi connectivity index (χ0) is 12.7. The second-order valence-corrected chi connectivity index (χ2v) is 5.43. The van der Waals surface area contributed by atoms with Crippen LogP contribution in [0.2, 0.25) is 0 Å². The maximum absolute atomic E-state index is 5.84. The van der Waals surface area contributed by atoms with Crippen LogP contribution in [0.3, 0.4) is 0 Å². The van der Waals surface area contributed by atoms with Crippen LogP contribution in [-0.4, -0.2) is 18.3 Å². The maximum Gasteiger partial charge on any atom is 0.487 e. The van der Waals surface area contributed by atoms with E-state index in [1.165, 1.54) is 0 Å². The highest BCUT2D eigenvalue weighted by Gasteiger charge is 2.49. The molecule has 3 nitrogen and oxygen atoms in total. The summed E-state index contributed by atoms with van der Waals surface area (Å²) < 4.78 is 17.1. The van der Waals surface area contributed by atoms with Crippen LogP contribution in [0.15, 0.2) is 22.5 Å². The summed E-state index contributed by atoms with van der Waals surface area (Å²) in [5.74, 6) is 3.60. The molecule has 0 spiro atoms. The summed E-state index contributed by atoms with van der Waals surface area (Å²) in [7, 11) is -0.314. The zero-order valence-electron chi connectivity index (χ0n) is 11.1. The van der Waals surface area contributed by atoms with Gasteiger partial charge in [-0.15, -0.1) is 0 Å². The monoisotopic (exact) mass is 234 g/mol. The molecule has 1 aromatic heterocycles. The predicted octanol–water partition coefficient (Wildman–Crippen LogP) is 3.23. The highest BCUT2D eigenvalue weighted by Crippen LogP contribution is 2.37. The van der Waals surface area contributed by atoms with Gasteiger partial charge in [0.25, 0.3) is 0 Å². The van der Waals surface area contributed by atoms with Crippen molar-refractivity contribution in [2.75, 3.05) is 0 Å². The lowest BCUT2D eigenvalue weighted by Gasteiger charge is -2.32. The summed E-state index contributed by atoms with van der Waals surface area (Å²) >= 11 is 0. The van der Waals surface area contributed by atoms with E-state index in [1.807, 2.05) is 58.8 Å². The Morgan fingerprint density at radius 2 is 1.65 bits per heavy atom. The second-order valence-electron chi connectivity index (χ2n) is 5.43. The third kappa shape index (κ3) is 2.48. The number of hydrogen-bond acceptors (Lipinski definition) is 3. The number of aryl methyl sites for hydroxylation is 1. The fourth-order valence-electron chi connectivity index (χ4n) is 1.68. The molecule has 0 unspecified atom stereocenters. The number of rotatable bonds is 2. The van der Waals surface area contributed by atoms with Crippen molar-refractivity contribution in [3.8, 4) is 0 Å². The van der Waals surface area contributed by atoms with Gasteiger partial charge in [0.15, 0.2) is 0 Å². The lowest BCUT2D eigenvalue weighted by Crippen LogP contribution is -2.41. The Bertz CT molecular complexity index is 416. The number of furan rings is 1. The topological polar surface area (TPSA) is 31.6 Å². The maximum atomic E-state index is 5.84. The van der Waals surface area contributed by atoms with E-state index in [0.717, 1.165) is 11.5 Å². The second kappa shape index (κ2) is 4.04. The summed E-state index contributed by atoms with van der Waals surface area (Å²) in [6.07, 6.45) is 1.88. The van der Waals surface area contributed by atoms with Crippen LogP contribution in [0, 0.1) is 6.92 Å². The van der Waals surface area contributed by atoms with Crippen molar-refractivity contribution in [3.05, 3.63) is 29.6 Å². The Morgan fingerprint density at radius 3 is 2.12 bits per heavy atom. The molecular weight excluding hydrogens is 215 g/mol. The van der Waals surface area contributed by atoms with Gasteiger partial charge in [0, 0.05) is 0 Å². The summed E-state index contributed by atoms with van der Waals surface area (Å²) in [4.78, 5) is 0. The summed E-state index contributed by atoms with van der Waals surface area (Å²) in [6.45, 7) is 10.1. The van der Waals surface area contributed by atoms with Crippen LogP contribution >= 0.6 is 0 Å². The Balaban J connectivity index is 2.05. The summed E-state index contributed by atoms with van der Waals surface area (Å²) in [5, 5.41) is 0. The minimum absolute atomic E-state index is 0.291. The average molecular weight is 234 g/mol. The molecule has 1 saturated heterocycles. The first-order valence-corrected chi connectivity index (χ1v) is 5.90. The highest BCUT2D eigenvalue weighted by molar-refractivity contribution is 6.52. The standard InChI is InChI=1S/C13H19BO3/c1-10-6-7-11(15-10)8-9-14-16-12(2,3)13(4,5)17-14/h6-9H,1-5H3/b9-8+. The molecule has 0 N–H and O–H groups in total. The molecule has 0 aromatic carbocycles. The summed E-state index contributed by atoms with van der Waals surface area (Å²) in [6, 6.07) is 3.86. The molecule has 0 bridgehead atoms. The summed E-state index contributed by atoms with van der Waals surface area (Å²) in [5.41, 5.74) is -0.581. The average Bonchev–Trinajstić information content (AvgIpc) is 2.67. The van der Waals surface area contributed by atoms with Gasteiger partial charge >= 0.3 is 7.12 Å². The van der Waals surface area contributed by atoms with Gasteiger partial charge < -0.3 is 13.7 Å². The molecule has 0 aliphatic carbocycles. The van der Waals surface area contributed by atoms with Gasteiger partial charge in [0.2, 0.25) is 0 Å². The zero-order valence-corrected chi connectivity index (χ0v) is 11.1. The molecule has 92 valence electrons. The molecule has 1 fully saturated rings. The van der Waals surface area contributed by atoms with E-state index >= 15 is 0 Å². The lowest BCUT2D eigenvalue weighted by molar-refractivity contribution is 0.00578. The third-order valence-electron chi connectivity index (χ3n) is 3.45. The first-order chi connectivity index (χ1) is 7.80. The van der Waals surface area contributed by atoms with Crippen LogP contribution < -0.4 is 0 Å². The van der Waals surface area contributed by atoms with Crippen molar-refractivity contribution in [1.82, 2.24) is 0 Å². The smallest absolute Gasteiger partial charge is 0.462 e. The van der Waals surface area contributed by atoms with Crippen molar-refractivity contribution < 1.29 is 13.7 Å². The minimum Gasteiger partial charge on any atom is -0.462 e. The van der Waals surface area contributed by atoms with Gasteiger partial charge in [-0.25, -0.2) is 0 Å². The predicted molar refractivity (Wildman–Crippen MR) is 68.6 cm³/mol.